The minimum atomic E-state index is 0.758. The quantitative estimate of drug-likeness (QED) is 0.321. The van der Waals surface area contributed by atoms with Gasteiger partial charge in [0.2, 0.25) is 0 Å². The van der Waals surface area contributed by atoms with Crippen LogP contribution in [0.2, 0.25) is 0 Å². The van der Waals surface area contributed by atoms with Crippen molar-refractivity contribution in [3.05, 3.63) is 71.3 Å². The van der Waals surface area contributed by atoms with E-state index in [1.165, 1.54) is 81.8 Å². The van der Waals surface area contributed by atoms with Crippen molar-refractivity contribution >= 4 is 0 Å². The summed E-state index contributed by atoms with van der Waals surface area (Å²) >= 11 is 0. The van der Waals surface area contributed by atoms with Crippen molar-refractivity contribution < 1.29 is 0 Å². The highest BCUT2D eigenvalue weighted by Crippen LogP contribution is 2.37. The summed E-state index contributed by atoms with van der Waals surface area (Å²) in [4.78, 5) is 0. The number of hydrogen-bond acceptors (Lipinski definition) is 0. The predicted molar refractivity (Wildman–Crippen MR) is 131 cm³/mol. The zero-order valence-electron chi connectivity index (χ0n) is 19.2. The van der Waals surface area contributed by atoms with Crippen LogP contribution < -0.4 is 0 Å². The van der Waals surface area contributed by atoms with Crippen LogP contribution in [0.1, 0.15) is 94.2 Å². The molecule has 0 radical (unpaired) electrons. The van der Waals surface area contributed by atoms with Crippen molar-refractivity contribution in [2.75, 3.05) is 0 Å². The molecule has 2 aliphatic carbocycles. The van der Waals surface area contributed by atoms with Gasteiger partial charge in [0.15, 0.2) is 0 Å². The molecule has 0 bridgehead atoms. The standard InChI is InChI=1S/C30H40/c1-3-5-6-8-24-11-14-30-22-29(20-19-28(30)21-24)27-17-15-26(16-18-27)25-12-9-23(7-4-2)10-13-25/h4,7,15-20,22-25H,3,5-6,8-14,21H2,1-2H3/b7-4+. The average molecular weight is 401 g/mol. The molecular weight excluding hydrogens is 360 g/mol. The van der Waals surface area contributed by atoms with Crippen LogP contribution >= 0.6 is 0 Å². The third-order valence-corrected chi connectivity index (χ3v) is 7.70. The van der Waals surface area contributed by atoms with Crippen LogP contribution in [0.3, 0.4) is 0 Å². The van der Waals surface area contributed by atoms with Crippen molar-refractivity contribution in [3.8, 4) is 11.1 Å². The monoisotopic (exact) mass is 400 g/mol. The van der Waals surface area contributed by atoms with E-state index in [9.17, 15) is 0 Å². The minimum absolute atomic E-state index is 0.758. The topological polar surface area (TPSA) is 0 Å². The Bertz CT molecular complexity index is 818. The molecule has 160 valence electrons. The molecule has 30 heavy (non-hydrogen) atoms. The van der Waals surface area contributed by atoms with E-state index < -0.39 is 0 Å². The fraction of sp³-hybridized carbons (Fsp3) is 0.533. The molecule has 1 atom stereocenters. The number of allylic oxidation sites excluding steroid dienone is 2. The van der Waals surface area contributed by atoms with Crippen molar-refractivity contribution in [1.29, 1.82) is 0 Å². The molecule has 0 nitrogen and oxygen atoms in total. The van der Waals surface area contributed by atoms with Crippen LogP contribution in [0.4, 0.5) is 0 Å². The molecule has 1 unspecified atom stereocenters. The van der Waals surface area contributed by atoms with Crippen LogP contribution in [0.5, 0.6) is 0 Å². The molecule has 2 aromatic carbocycles. The molecular formula is C30H40. The Labute approximate surface area is 184 Å². The molecule has 0 heterocycles. The van der Waals surface area contributed by atoms with E-state index in [0.29, 0.717) is 0 Å². The van der Waals surface area contributed by atoms with Gasteiger partial charge >= 0.3 is 0 Å². The Balaban J connectivity index is 1.38. The molecule has 2 aliphatic rings. The second kappa shape index (κ2) is 10.5. The van der Waals surface area contributed by atoms with Gasteiger partial charge < -0.3 is 0 Å². The van der Waals surface area contributed by atoms with Crippen LogP contribution in [-0.4, -0.2) is 0 Å². The zero-order valence-corrected chi connectivity index (χ0v) is 19.2. The summed E-state index contributed by atoms with van der Waals surface area (Å²) in [6, 6.07) is 16.8. The maximum absolute atomic E-state index is 2.48. The summed E-state index contributed by atoms with van der Waals surface area (Å²) in [6.45, 7) is 4.46. The molecule has 0 saturated heterocycles. The summed E-state index contributed by atoms with van der Waals surface area (Å²) in [7, 11) is 0. The van der Waals surface area contributed by atoms with Gasteiger partial charge in [-0.05, 0) is 97.4 Å². The summed E-state index contributed by atoms with van der Waals surface area (Å²) in [6.07, 6.45) is 19.5. The Kier molecular flexibility index (Phi) is 7.47. The van der Waals surface area contributed by atoms with Gasteiger partial charge in [0.25, 0.3) is 0 Å². The van der Waals surface area contributed by atoms with Crippen molar-refractivity contribution in [2.45, 2.75) is 90.4 Å². The van der Waals surface area contributed by atoms with E-state index in [1.54, 1.807) is 16.7 Å². The van der Waals surface area contributed by atoms with E-state index in [-0.39, 0.29) is 0 Å². The lowest BCUT2D eigenvalue weighted by Crippen LogP contribution is -2.14. The first kappa shape index (κ1) is 21.4. The fourth-order valence-corrected chi connectivity index (χ4v) is 5.80. The summed E-state index contributed by atoms with van der Waals surface area (Å²) in [5.41, 5.74) is 7.55. The van der Waals surface area contributed by atoms with Gasteiger partial charge in [-0.15, -0.1) is 0 Å². The average Bonchev–Trinajstić information content (AvgIpc) is 2.80. The second-order valence-corrected chi connectivity index (χ2v) is 9.85. The number of benzene rings is 2. The van der Waals surface area contributed by atoms with E-state index in [4.69, 9.17) is 0 Å². The molecule has 0 N–H and O–H groups in total. The third-order valence-electron chi connectivity index (χ3n) is 7.70. The predicted octanol–water partition coefficient (Wildman–Crippen LogP) is 8.89. The highest BCUT2D eigenvalue weighted by molar-refractivity contribution is 5.65. The van der Waals surface area contributed by atoms with E-state index in [0.717, 1.165) is 17.8 Å². The second-order valence-electron chi connectivity index (χ2n) is 9.85. The van der Waals surface area contributed by atoms with Gasteiger partial charge in [0, 0.05) is 0 Å². The highest BCUT2D eigenvalue weighted by atomic mass is 14.3. The normalized spacial score (nSPS) is 24.1. The smallest absolute Gasteiger partial charge is 0.0162 e. The van der Waals surface area contributed by atoms with Gasteiger partial charge in [-0.1, -0.05) is 87.2 Å². The van der Waals surface area contributed by atoms with E-state index >= 15 is 0 Å². The number of rotatable bonds is 7. The lowest BCUT2D eigenvalue weighted by Gasteiger charge is -2.27. The molecule has 0 heteroatoms. The zero-order chi connectivity index (χ0) is 20.8. The molecule has 0 spiro atoms. The van der Waals surface area contributed by atoms with Crippen LogP contribution in [0.25, 0.3) is 11.1 Å². The number of fused-ring (bicyclic) bond motifs is 1. The van der Waals surface area contributed by atoms with Crippen molar-refractivity contribution in [1.82, 2.24) is 0 Å². The lowest BCUT2D eigenvalue weighted by molar-refractivity contribution is 0.376. The largest absolute Gasteiger partial charge is 0.0914 e. The Morgan fingerprint density at radius 3 is 2.33 bits per heavy atom. The first-order valence-electron chi connectivity index (χ1n) is 12.6. The molecule has 1 saturated carbocycles. The molecule has 0 amide bonds. The van der Waals surface area contributed by atoms with Gasteiger partial charge in [-0.25, -0.2) is 0 Å². The number of aryl methyl sites for hydroxylation is 1. The molecule has 2 aromatic rings. The van der Waals surface area contributed by atoms with Gasteiger partial charge in [-0.3, -0.25) is 0 Å². The Morgan fingerprint density at radius 1 is 0.833 bits per heavy atom. The van der Waals surface area contributed by atoms with Gasteiger partial charge in [0.1, 0.15) is 0 Å². The Morgan fingerprint density at radius 2 is 1.60 bits per heavy atom. The van der Waals surface area contributed by atoms with Crippen LogP contribution in [0, 0.1) is 11.8 Å². The SMILES string of the molecule is C/C=C/C1CCC(c2ccc(-c3ccc4c(c3)CCC(CCCCC)C4)cc2)CC1. The van der Waals surface area contributed by atoms with E-state index in [2.05, 4.69) is 68.5 Å². The van der Waals surface area contributed by atoms with Crippen molar-refractivity contribution in [3.63, 3.8) is 0 Å². The van der Waals surface area contributed by atoms with Crippen molar-refractivity contribution in [2.24, 2.45) is 11.8 Å². The molecule has 1 fully saturated rings. The summed E-state index contributed by atoms with van der Waals surface area (Å²) in [5.74, 6) is 2.48. The molecule has 4 rings (SSSR count). The first-order chi connectivity index (χ1) is 14.8. The molecule has 0 aliphatic heterocycles. The fourth-order valence-electron chi connectivity index (χ4n) is 5.80. The summed E-state index contributed by atoms with van der Waals surface area (Å²) in [5, 5.41) is 0. The minimum Gasteiger partial charge on any atom is -0.0914 e. The lowest BCUT2D eigenvalue weighted by atomic mass is 9.78. The maximum atomic E-state index is 2.48. The number of hydrogen-bond donors (Lipinski definition) is 0. The van der Waals surface area contributed by atoms with Gasteiger partial charge in [0.05, 0.1) is 0 Å². The molecule has 0 aromatic heterocycles. The van der Waals surface area contributed by atoms with E-state index in [1.807, 2.05) is 0 Å². The Hall–Kier alpha value is -1.82. The van der Waals surface area contributed by atoms with Crippen LogP contribution in [0.15, 0.2) is 54.6 Å². The highest BCUT2D eigenvalue weighted by Gasteiger charge is 2.21. The maximum Gasteiger partial charge on any atom is -0.0162 e. The van der Waals surface area contributed by atoms with Gasteiger partial charge in [-0.2, -0.15) is 0 Å². The first-order valence-corrected chi connectivity index (χ1v) is 12.6. The third kappa shape index (κ3) is 5.26. The summed E-state index contributed by atoms with van der Waals surface area (Å²) < 4.78 is 0. The number of unbranched alkanes of at least 4 members (excludes halogenated alkanes) is 2. The van der Waals surface area contributed by atoms with Crippen LogP contribution in [-0.2, 0) is 12.8 Å².